The highest BCUT2D eigenvalue weighted by molar-refractivity contribution is 8.00. The van der Waals surface area contributed by atoms with Crippen molar-refractivity contribution in [1.29, 1.82) is 0 Å². The third-order valence-corrected chi connectivity index (χ3v) is 6.06. The van der Waals surface area contributed by atoms with Crippen molar-refractivity contribution in [2.24, 2.45) is 0 Å². The van der Waals surface area contributed by atoms with Crippen molar-refractivity contribution in [2.75, 3.05) is 18.8 Å². The Hall–Kier alpha value is -1.56. The quantitative estimate of drug-likeness (QED) is 0.907. The molecule has 2 fully saturated rings. The molecule has 1 spiro atoms. The number of rotatable bonds is 2. The summed E-state index contributed by atoms with van der Waals surface area (Å²) in [7, 11) is 0. The monoisotopic (exact) mass is 320 g/mol. The van der Waals surface area contributed by atoms with E-state index in [9.17, 15) is 9.59 Å². The van der Waals surface area contributed by atoms with Crippen LogP contribution in [0.3, 0.4) is 0 Å². The van der Waals surface area contributed by atoms with Gasteiger partial charge in [-0.25, -0.2) is 9.78 Å². The van der Waals surface area contributed by atoms with Crippen LogP contribution in [0.25, 0.3) is 0 Å². The second kappa shape index (κ2) is 6.28. The molecule has 2 heterocycles. The lowest BCUT2D eigenvalue weighted by Gasteiger charge is -2.44. The standard InChI is InChI=1S/C16H20N2O3S/c19-14(12-4-7-17-13(10-12)15(20)21)18-8-9-22-16(11-18)5-2-1-3-6-16/h4,7,10H,1-3,5-6,8-9,11H2,(H,20,21). The van der Waals surface area contributed by atoms with Gasteiger partial charge in [0.15, 0.2) is 0 Å². The van der Waals surface area contributed by atoms with Gasteiger partial charge in [0.2, 0.25) is 0 Å². The van der Waals surface area contributed by atoms with Gasteiger partial charge in [0, 0.05) is 35.3 Å². The first-order chi connectivity index (χ1) is 10.6. The van der Waals surface area contributed by atoms with E-state index in [1.54, 1.807) is 6.07 Å². The number of carboxylic acids is 1. The van der Waals surface area contributed by atoms with Crippen LogP contribution in [0.4, 0.5) is 0 Å². The average molecular weight is 320 g/mol. The smallest absolute Gasteiger partial charge is 0.354 e. The van der Waals surface area contributed by atoms with Crippen molar-refractivity contribution >= 4 is 23.6 Å². The Bertz CT molecular complexity index is 579. The molecule has 0 bridgehead atoms. The third-order valence-electron chi connectivity index (χ3n) is 4.53. The Labute approximate surface area is 134 Å². The zero-order valence-corrected chi connectivity index (χ0v) is 13.3. The first-order valence-electron chi connectivity index (χ1n) is 7.72. The van der Waals surface area contributed by atoms with E-state index in [1.807, 2.05) is 16.7 Å². The van der Waals surface area contributed by atoms with Gasteiger partial charge in [-0.2, -0.15) is 11.8 Å². The van der Waals surface area contributed by atoms with Gasteiger partial charge in [-0.05, 0) is 25.0 Å². The predicted molar refractivity (Wildman–Crippen MR) is 85.4 cm³/mol. The van der Waals surface area contributed by atoms with Crippen molar-refractivity contribution in [3.8, 4) is 0 Å². The van der Waals surface area contributed by atoms with Crippen molar-refractivity contribution in [3.05, 3.63) is 29.6 Å². The third kappa shape index (κ3) is 3.11. The number of aromatic nitrogens is 1. The lowest BCUT2D eigenvalue weighted by Crippen LogP contribution is -2.49. The molecular formula is C16H20N2O3S. The van der Waals surface area contributed by atoms with E-state index >= 15 is 0 Å². The molecule has 0 aromatic carbocycles. The number of carbonyl (C=O) groups is 2. The summed E-state index contributed by atoms with van der Waals surface area (Å²) < 4.78 is 0.217. The maximum absolute atomic E-state index is 12.7. The van der Waals surface area contributed by atoms with Gasteiger partial charge in [0.1, 0.15) is 5.69 Å². The molecule has 3 rings (SSSR count). The van der Waals surface area contributed by atoms with Crippen LogP contribution in [0.1, 0.15) is 53.0 Å². The maximum Gasteiger partial charge on any atom is 0.354 e. The van der Waals surface area contributed by atoms with E-state index in [2.05, 4.69) is 4.98 Å². The van der Waals surface area contributed by atoms with Gasteiger partial charge in [0.05, 0.1) is 0 Å². The van der Waals surface area contributed by atoms with Crippen LogP contribution in [0.2, 0.25) is 0 Å². The van der Waals surface area contributed by atoms with Crippen LogP contribution in [0.5, 0.6) is 0 Å². The summed E-state index contributed by atoms with van der Waals surface area (Å²) in [6.07, 6.45) is 7.53. The lowest BCUT2D eigenvalue weighted by atomic mass is 9.87. The van der Waals surface area contributed by atoms with Gasteiger partial charge >= 0.3 is 5.97 Å². The summed E-state index contributed by atoms with van der Waals surface area (Å²) in [4.78, 5) is 29.4. The van der Waals surface area contributed by atoms with E-state index in [1.165, 1.54) is 44.4 Å². The fourth-order valence-electron chi connectivity index (χ4n) is 3.38. The van der Waals surface area contributed by atoms with Gasteiger partial charge in [-0.3, -0.25) is 4.79 Å². The highest BCUT2D eigenvalue weighted by Gasteiger charge is 2.38. The number of aromatic carboxylic acids is 1. The number of nitrogens with zero attached hydrogens (tertiary/aromatic N) is 2. The van der Waals surface area contributed by atoms with Crippen molar-refractivity contribution in [1.82, 2.24) is 9.88 Å². The fraction of sp³-hybridized carbons (Fsp3) is 0.562. The molecule has 1 aromatic heterocycles. The second-order valence-corrected chi connectivity index (χ2v) is 7.62. The number of thioether (sulfide) groups is 1. The van der Waals surface area contributed by atoms with Gasteiger partial charge < -0.3 is 10.0 Å². The minimum absolute atomic E-state index is 0.0739. The highest BCUT2D eigenvalue weighted by atomic mass is 32.2. The molecule has 1 saturated heterocycles. The molecule has 0 unspecified atom stereocenters. The molecule has 1 amide bonds. The van der Waals surface area contributed by atoms with Crippen LogP contribution >= 0.6 is 11.8 Å². The second-order valence-electron chi connectivity index (χ2n) is 6.05. The number of hydrogen-bond acceptors (Lipinski definition) is 4. The van der Waals surface area contributed by atoms with E-state index in [0.717, 1.165) is 18.8 Å². The summed E-state index contributed by atoms with van der Waals surface area (Å²) in [6.45, 7) is 1.51. The van der Waals surface area contributed by atoms with Gasteiger partial charge in [-0.1, -0.05) is 19.3 Å². The number of carbonyl (C=O) groups excluding carboxylic acids is 1. The molecule has 5 nitrogen and oxygen atoms in total. The number of carboxylic acid groups (broad SMARTS) is 1. The van der Waals surface area contributed by atoms with E-state index in [-0.39, 0.29) is 16.3 Å². The zero-order valence-electron chi connectivity index (χ0n) is 12.5. The summed E-state index contributed by atoms with van der Waals surface area (Å²) in [5.41, 5.74) is 0.342. The molecule has 0 atom stereocenters. The molecule has 1 aliphatic heterocycles. The molecule has 0 radical (unpaired) electrons. The molecule has 22 heavy (non-hydrogen) atoms. The van der Waals surface area contributed by atoms with Crippen LogP contribution < -0.4 is 0 Å². The van der Waals surface area contributed by atoms with Gasteiger partial charge in [-0.15, -0.1) is 0 Å². The van der Waals surface area contributed by atoms with Crippen molar-refractivity contribution in [3.63, 3.8) is 0 Å². The first kappa shape index (κ1) is 15.3. The number of amides is 1. The van der Waals surface area contributed by atoms with Crippen molar-refractivity contribution < 1.29 is 14.7 Å². The number of pyridine rings is 1. The predicted octanol–water partition coefficient (Wildman–Crippen LogP) is 2.67. The lowest BCUT2D eigenvalue weighted by molar-refractivity contribution is 0.0690. The van der Waals surface area contributed by atoms with Crippen LogP contribution in [-0.2, 0) is 0 Å². The molecule has 1 aliphatic carbocycles. The Morgan fingerprint density at radius 1 is 1.27 bits per heavy atom. The van der Waals surface area contributed by atoms with E-state index < -0.39 is 5.97 Å². The van der Waals surface area contributed by atoms with Crippen LogP contribution in [-0.4, -0.2) is 50.5 Å². The van der Waals surface area contributed by atoms with Crippen molar-refractivity contribution in [2.45, 2.75) is 36.9 Å². The Kier molecular flexibility index (Phi) is 4.38. The molecule has 1 N–H and O–H groups in total. The van der Waals surface area contributed by atoms with Crippen LogP contribution in [0, 0.1) is 0 Å². The SMILES string of the molecule is O=C(O)c1cc(C(=O)N2CCSC3(CCCCC3)C2)ccn1. The minimum atomic E-state index is -1.10. The van der Waals surface area contributed by atoms with E-state index in [4.69, 9.17) is 5.11 Å². The number of hydrogen-bond donors (Lipinski definition) is 1. The molecule has 2 aliphatic rings. The fourth-order valence-corrected chi connectivity index (χ4v) is 4.95. The summed E-state index contributed by atoms with van der Waals surface area (Å²) in [5.74, 6) is -0.217. The summed E-state index contributed by atoms with van der Waals surface area (Å²) in [6, 6.07) is 2.98. The Balaban J connectivity index is 1.76. The Morgan fingerprint density at radius 3 is 2.77 bits per heavy atom. The molecule has 1 aromatic rings. The first-order valence-corrected chi connectivity index (χ1v) is 8.71. The van der Waals surface area contributed by atoms with E-state index in [0.29, 0.717) is 5.56 Å². The largest absolute Gasteiger partial charge is 0.477 e. The highest BCUT2D eigenvalue weighted by Crippen LogP contribution is 2.42. The normalized spacial score (nSPS) is 20.8. The topological polar surface area (TPSA) is 70.5 Å². The Morgan fingerprint density at radius 2 is 2.05 bits per heavy atom. The zero-order chi connectivity index (χ0) is 15.6. The molecule has 118 valence electrons. The maximum atomic E-state index is 12.7. The molecular weight excluding hydrogens is 300 g/mol. The summed E-state index contributed by atoms with van der Waals surface area (Å²) in [5, 5.41) is 9.01. The average Bonchev–Trinajstić information content (AvgIpc) is 2.55. The van der Waals surface area contributed by atoms with Crippen LogP contribution in [0.15, 0.2) is 18.3 Å². The summed E-state index contributed by atoms with van der Waals surface area (Å²) >= 11 is 2.01. The molecule has 1 saturated carbocycles. The van der Waals surface area contributed by atoms with Gasteiger partial charge in [0.25, 0.3) is 5.91 Å². The minimum Gasteiger partial charge on any atom is -0.477 e. The molecule has 6 heteroatoms.